The van der Waals surface area contributed by atoms with E-state index >= 15 is 0 Å². The van der Waals surface area contributed by atoms with Crippen molar-refractivity contribution in [3.63, 3.8) is 0 Å². The highest BCUT2D eigenvalue weighted by Crippen LogP contribution is 2.34. The van der Waals surface area contributed by atoms with Crippen LogP contribution in [0.4, 0.5) is 5.69 Å². The molecule has 0 unspecified atom stereocenters. The number of hydrogen-bond acceptors (Lipinski definition) is 6. The number of ether oxygens (including phenoxy) is 2. The van der Waals surface area contributed by atoms with Crippen molar-refractivity contribution < 1.29 is 14.3 Å². The van der Waals surface area contributed by atoms with Gasteiger partial charge in [0.05, 0.1) is 12.3 Å². The summed E-state index contributed by atoms with van der Waals surface area (Å²) in [6, 6.07) is 13.4. The molecule has 2 aromatic carbocycles. The summed E-state index contributed by atoms with van der Waals surface area (Å²) in [4.78, 5) is 17.3. The molecule has 27 heavy (non-hydrogen) atoms. The number of hydrogen-bond donors (Lipinski definition) is 1. The molecule has 4 rings (SSSR count). The summed E-state index contributed by atoms with van der Waals surface area (Å²) in [6.07, 6.45) is 3.14. The van der Waals surface area contributed by atoms with E-state index in [4.69, 9.17) is 9.47 Å². The summed E-state index contributed by atoms with van der Waals surface area (Å²) in [6.45, 7) is 1.66. The number of nitrogens with zero attached hydrogens (tertiary/aromatic N) is 3. The average molecular weight is 382 g/mol. The summed E-state index contributed by atoms with van der Waals surface area (Å²) in [5.74, 6) is 1.71. The number of aromatic nitrogens is 3. The molecule has 0 saturated heterocycles. The van der Waals surface area contributed by atoms with Crippen molar-refractivity contribution >= 4 is 23.4 Å². The van der Waals surface area contributed by atoms with Gasteiger partial charge in [-0.15, -0.1) is 11.8 Å². The summed E-state index contributed by atoms with van der Waals surface area (Å²) in [7, 11) is 0. The Kier molecular flexibility index (Phi) is 5.24. The van der Waals surface area contributed by atoms with Gasteiger partial charge in [-0.1, -0.05) is 18.2 Å². The van der Waals surface area contributed by atoms with Gasteiger partial charge in [0.2, 0.25) is 5.91 Å². The molecule has 0 bridgehead atoms. The molecule has 3 aromatic rings. The van der Waals surface area contributed by atoms with Crippen LogP contribution in [-0.4, -0.2) is 39.6 Å². The van der Waals surface area contributed by atoms with Crippen molar-refractivity contribution in [1.29, 1.82) is 0 Å². The summed E-state index contributed by atoms with van der Waals surface area (Å²) >= 11 is 1.46. The van der Waals surface area contributed by atoms with E-state index in [2.05, 4.69) is 15.4 Å². The zero-order chi connectivity index (χ0) is 18.5. The highest BCUT2D eigenvalue weighted by atomic mass is 32.2. The van der Waals surface area contributed by atoms with E-state index in [1.807, 2.05) is 42.5 Å². The minimum absolute atomic E-state index is 0.0686. The van der Waals surface area contributed by atoms with E-state index in [9.17, 15) is 4.79 Å². The Morgan fingerprint density at radius 2 is 2.00 bits per heavy atom. The van der Waals surface area contributed by atoms with Crippen LogP contribution >= 0.6 is 11.8 Å². The van der Waals surface area contributed by atoms with Gasteiger partial charge in [-0.25, -0.2) is 9.67 Å². The lowest BCUT2D eigenvalue weighted by Gasteiger charge is -2.18. The summed E-state index contributed by atoms with van der Waals surface area (Å²) in [5.41, 5.74) is 1.75. The lowest BCUT2D eigenvalue weighted by molar-refractivity contribution is -0.113. The lowest BCUT2D eigenvalue weighted by atomic mass is 10.2. The van der Waals surface area contributed by atoms with Crippen LogP contribution in [0, 0.1) is 0 Å². The zero-order valence-electron chi connectivity index (χ0n) is 14.5. The molecule has 0 fully saturated rings. The van der Waals surface area contributed by atoms with Crippen molar-refractivity contribution in [2.45, 2.75) is 11.4 Å². The Labute approximate surface area is 160 Å². The molecule has 0 aliphatic carbocycles. The van der Waals surface area contributed by atoms with E-state index in [1.165, 1.54) is 18.1 Å². The normalized spacial score (nSPS) is 12.6. The van der Waals surface area contributed by atoms with E-state index < -0.39 is 0 Å². The Morgan fingerprint density at radius 1 is 1.15 bits per heavy atom. The first-order valence-corrected chi connectivity index (χ1v) is 9.49. The predicted octanol–water partition coefficient (Wildman–Crippen LogP) is 2.83. The van der Waals surface area contributed by atoms with Crippen LogP contribution in [0.3, 0.4) is 0 Å². The van der Waals surface area contributed by atoms with Crippen LogP contribution < -0.4 is 14.8 Å². The monoisotopic (exact) mass is 382 g/mol. The second kappa shape index (κ2) is 8.13. The number of benzene rings is 2. The first-order chi connectivity index (χ1) is 13.3. The molecule has 138 valence electrons. The fraction of sp³-hybridized carbons (Fsp3) is 0.211. The number of fused-ring (bicyclic) bond motifs is 1. The minimum atomic E-state index is -0.0686. The molecule has 0 radical (unpaired) electrons. The number of carbonyl (C=O) groups is 1. The van der Waals surface area contributed by atoms with Gasteiger partial charge in [-0.3, -0.25) is 4.79 Å². The quantitative estimate of drug-likeness (QED) is 0.661. The standard InChI is InChI=1S/C19H18N4O3S/c24-19(11-27-15-5-6-17-18(9-15)26-8-7-25-17)22-16-4-2-1-3-14(16)10-23-13-20-12-21-23/h1-6,9,12-13H,7-8,10-11H2,(H,22,24). The number of anilines is 1. The molecule has 1 aliphatic heterocycles. The number of rotatable bonds is 6. The number of nitrogens with one attached hydrogen (secondary N) is 1. The van der Waals surface area contributed by atoms with Crippen LogP contribution in [0.1, 0.15) is 5.56 Å². The number of para-hydroxylation sites is 1. The third-order valence-electron chi connectivity index (χ3n) is 3.97. The first-order valence-electron chi connectivity index (χ1n) is 8.50. The van der Waals surface area contributed by atoms with Crippen molar-refractivity contribution in [2.75, 3.05) is 24.3 Å². The van der Waals surface area contributed by atoms with E-state index in [-0.39, 0.29) is 5.91 Å². The van der Waals surface area contributed by atoms with Gasteiger partial charge in [0, 0.05) is 10.6 Å². The minimum Gasteiger partial charge on any atom is -0.486 e. The van der Waals surface area contributed by atoms with Crippen molar-refractivity contribution in [2.24, 2.45) is 0 Å². The molecular weight excluding hydrogens is 364 g/mol. The Balaban J connectivity index is 1.37. The third kappa shape index (κ3) is 4.40. The highest BCUT2D eigenvalue weighted by Gasteiger charge is 2.13. The van der Waals surface area contributed by atoms with Crippen LogP contribution in [0.5, 0.6) is 11.5 Å². The summed E-state index contributed by atoms with van der Waals surface area (Å²) in [5, 5.41) is 7.09. The SMILES string of the molecule is O=C(CSc1ccc2c(c1)OCCO2)Nc1ccccc1Cn1cncn1. The summed E-state index contributed by atoms with van der Waals surface area (Å²) < 4.78 is 12.8. The number of amides is 1. The fourth-order valence-electron chi connectivity index (χ4n) is 2.72. The van der Waals surface area contributed by atoms with Gasteiger partial charge in [0.25, 0.3) is 0 Å². The van der Waals surface area contributed by atoms with Gasteiger partial charge in [-0.05, 0) is 29.8 Å². The molecule has 1 amide bonds. The molecular formula is C19H18N4O3S. The van der Waals surface area contributed by atoms with Crippen molar-refractivity contribution in [1.82, 2.24) is 14.8 Å². The Morgan fingerprint density at radius 3 is 2.85 bits per heavy atom. The molecule has 7 nitrogen and oxygen atoms in total. The van der Waals surface area contributed by atoms with Crippen LogP contribution in [0.25, 0.3) is 0 Å². The van der Waals surface area contributed by atoms with E-state index in [0.29, 0.717) is 25.5 Å². The molecule has 8 heteroatoms. The van der Waals surface area contributed by atoms with Gasteiger partial charge < -0.3 is 14.8 Å². The fourth-order valence-corrected chi connectivity index (χ4v) is 3.44. The predicted molar refractivity (Wildman–Crippen MR) is 102 cm³/mol. The first kappa shape index (κ1) is 17.4. The van der Waals surface area contributed by atoms with E-state index in [1.54, 1.807) is 11.0 Å². The Hall–Kier alpha value is -3.00. The maximum Gasteiger partial charge on any atom is 0.234 e. The van der Waals surface area contributed by atoms with Gasteiger partial charge >= 0.3 is 0 Å². The smallest absolute Gasteiger partial charge is 0.234 e. The maximum absolute atomic E-state index is 12.4. The van der Waals surface area contributed by atoms with Gasteiger partial charge in [0.1, 0.15) is 25.9 Å². The van der Waals surface area contributed by atoms with Gasteiger partial charge in [0.15, 0.2) is 11.5 Å². The van der Waals surface area contributed by atoms with Crippen LogP contribution in [0.15, 0.2) is 60.0 Å². The maximum atomic E-state index is 12.4. The molecule has 1 aromatic heterocycles. The molecule has 2 heterocycles. The van der Waals surface area contributed by atoms with Crippen molar-refractivity contribution in [3.05, 3.63) is 60.7 Å². The molecule has 1 aliphatic rings. The largest absolute Gasteiger partial charge is 0.486 e. The molecule has 1 N–H and O–H groups in total. The molecule has 0 spiro atoms. The number of carbonyl (C=O) groups excluding carboxylic acids is 1. The van der Waals surface area contributed by atoms with Crippen molar-refractivity contribution in [3.8, 4) is 11.5 Å². The second-order valence-corrected chi connectivity index (χ2v) is 6.94. The topological polar surface area (TPSA) is 78.3 Å². The average Bonchev–Trinajstić information content (AvgIpc) is 3.21. The lowest BCUT2D eigenvalue weighted by Crippen LogP contribution is -2.16. The van der Waals surface area contributed by atoms with Gasteiger partial charge in [-0.2, -0.15) is 5.10 Å². The van der Waals surface area contributed by atoms with Crippen LogP contribution in [0.2, 0.25) is 0 Å². The number of thioether (sulfide) groups is 1. The highest BCUT2D eigenvalue weighted by molar-refractivity contribution is 8.00. The zero-order valence-corrected chi connectivity index (χ0v) is 15.3. The molecule has 0 atom stereocenters. The third-order valence-corrected chi connectivity index (χ3v) is 4.97. The van der Waals surface area contributed by atoms with Crippen LogP contribution in [-0.2, 0) is 11.3 Å². The molecule has 0 saturated carbocycles. The van der Waals surface area contributed by atoms with E-state index in [0.717, 1.165) is 27.6 Å². The second-order valence-electron chi connectivity index (χ2n) is 5.89. The Bertz CT molecular complexity index is 930.